The summed E-state index contributed by atoms with van der Waals surface area (Å²) in [5, 5.41) is 8.83. The number of aromatic nitrogens is 2. The lowest BCUT2D eigenvalue weighted by Crippen LogP contribution is -2.45. The molecule has 1 saturated heterocycles. The zero-order valence-electron chi connectivity index (χ0n) is 21.9. The van der Waals surface area contributed by atoms with E-state index >= 15 is 4.39 Å². The topological polar surface area (TPSA) is 123 Å². The SMILES string of the molecule is CC(C)(CN1CCCCC1)c1nnc(-c2cc3c(cc2F)S(=O)(=O)C[C@H](N)C(=O)N3Cc2ccc(Cl)cc2)o1. The van der Waals surface area contributed by atoms with Crippen molar-refractivity contribution in [3.05, 3.63) is 58.7 Å². The fourth-order valence-electron chi connectivity index (χ4n) is 5.17. The zero-order valence-corrected chi connectivity index (χ0v) is 23.4. The van der Waals surface area contributed by atoms with E-state index in [0.717, 1.165) is 32.0 Å². The highest BCUT2D eigenvalue weighted by Crippen LogP contribution is 2.38. The zero-order chi connectivity index (χ0) is 27.9. The minimum absolute atomic E-state index is 0.00614. The molecule has 12 heteroatoms. The van der Waals surface area contributed by atoms with Crippen molar-refractivity contribution in [3.8, 4) is 11.5 Å². The van der Waals surface area contributed by atoms with E-state index in [4.69, 9.17) is 21.8 Å². The Labute approximate surface area is 232 Å². The highest BCUT2D eigenvalue weighted by atomic mass is 35.5. The molecule has 0 bridgehead atoms. The maximum absolute atomic E-state index is 15.5. The van der Waals surface area contributed by atoms with Crippen LogP contribution in [-0.2, 0) is 26.6 Å². The van der Waals surface area contributed by atoms with Gasteiger partial charge in [-0.2, -0.15) is 0 Å². The average molecular weight is 576 g/mol. The van der Waals surface area contributed by atoms with Gasteiger partial charge in [0.15, 0.2) is 9.84 Å². The standard InChI is InChI=1S/C27H31ClFN5O4S/c1-27(2,16-33-10-4-3-5-11-33)26-32-31-24(38-26)19-12-22-23(13-20(19)29)39(36,37)15-21(30)25(35)34(22)14-17-6-8-18(28)9-7-17/h6-9,12-13,21H,3-5,10-11,14-16,30H2,1-2H3/t21-/m0/s1. The van der Waals surface area contributed by atoms with E-state index in [-0.39, 0.29) is 28.6 Å². The summed E-state index contributed by atoms with van der Waals surface area (Å²) in [7, 11) is -4.07. The fraction of sp³-hybridized carbons (Fsp3) is 0.444. The first-order chi connectivity index (χ1) is 18.4. The number of fused-ring (bicyclic) bond motifs is 1. The van der Waals surface area contributed by atoms with Crippen molar-refractivity contribution < 1.29 is 22.0 Å². The molecule has 1 amide bonds. The number of nitrogens with two attached hydrogens (primary N) is 1. The van der Waals surface area contributed by atoms with Crippen LogP contribution >= 0.6 is 11.6 Å². The van der Waals surface area contributed by atoms with E-state index in [1.807, 2.05) is 13.8 Å². The Morgan fingerprint density at radius 1 is 1.13 bits per heavy atom. The molecule has 2 aliphatic rings. The van der Waals surface area contributed by atoms with Crippen molar-refractivity contribution in [3.63, 3.8) is 0 Å². The van der Waals surface area contributed by atoms with Gasteiger partial charge < -0.3 is 20.0 Å². The van der Waals surface area contributed by atoms with Crippen molar-refractivity contribution in [2.45, 2.75) is 56.0 Å². The predicted octanol–water partition coefficient (Wildman–Crippen LogP) is 3.94. The van der Waals surface area contributed by atoms with Crippen molar-refractivity contribution in [1.29, 1.82) is 0 Å². The van der Waals surface area contributed by atoms with E-state index in [1.54, 1.807) is 24.3 Å². The summed E-state index contributed by atoms with van der Waals surface area (Å²) in [4.78, 5) is 16.6. The van der Waals surface area contributed by atoms with Crippen LogP contribution in [0.25, 0.3) is 11.5 Å². The molecule has 39 heavy (non-hydrogen) atoms. The molecular weight excluding hydrogens is 545 g/mol. The van der Waals surface area contributed by atoms with Crippen LogP contribution in [0.3, 0.4) is 0 Å². The van der Waals surface area contributed by atoms with Crippen LogP contribution in [0.1, 0.15) is 44.6 Å². The Morgan fingerprint density at radius 2 is 1.82 bits per heavy atom. The summed E-state index contributed by atoms with van der Waals surface area (Å²) in [6.07, 6.45) is 3.50. The molecule has 3 aromatic rings. The van der Waals surface area contributed by atoms with Gasteiger partial charge in [-0.15, -0.1) is 10.2 Å². The molecule has 9 nitrogen and oxygen atoms in total. The second-order valence-electron chi connectivity index (χ2n) is 10.9. The molecule has 1 atom stereocenters. The monoisotopic (exact) mass is 575 g/mol. The maximum atomic E-state index is 15.5. The van der Waals surface area contributed by atoms with E-state index in [1.165, 1.54) is 17.4 Å². The van der Waals surface area contributed by atoms with Crippen molar-refractivity contribution >= 4 is 33.0 Å². The number of hydrogen-bond donors (Lipinski definition) is 1. The first-order valence-corrected chi connectivity index (χ1v) is 14.9. The van der Waals surface area contributed by atoms with Gasteiger partial charge in [0.25, 0.3) is 5.89 Å². The first-order valence-electron chi connectivity index (χ1n) is 12.9. The lowest BCUT2D eigenvalue weighted by atomic mass is 9.92. The van der Waals surface area contributed by atoms with Gasteiger partial charge in [-0.3, -0.25) is 4.79 Å². The molecular formula is C27H31ClFN5O4S. The minimum Gasteiger partial charge on any atom is -0.420 e. The van der Waals surface area contributed by atoms with Gasteiger partial charge in [0.2, 0.25) is 11.8 Å². The number of hydrogen-bond acceptors (Lipinski definition) is 8. The Kier molecular flexibility index (Phi) is 7.53. The number of piperidine rings is 1. The summed E-state index contributed by atoms with van der Waals surface area (Å²) < 4.78 is 47.7. The highest BCUT2D eigenvalue weighted by molar-refractivity contribution is 7.91. The summed E-state index contributed by atoms with van der Waals surface area (Å²) in [5.41, 5.74) is 6.10. The Hall–Kier alpha value is -2.86. The highest BCUT2D eigenvalue weighted by Gasteiger charge is 2.38. The van der Waals surface area contributed by atoms with Crippen molar-refractivity contribution in [2.75, 3.05) is 30.3 Å². The van der Waals surface area contributed by atoms with Gasteiger partial charge in [-0.1, -0.05) is 30.2 Å². The maximum Gasteiger partial charge on any atom is 0.250 e. The van der Waals surface area contributed by atoms with Gasteiger partial charge in [0.1, 0.15) is 5.82 Å². The smallest absolute Gasteiger partial charge is 0.250 e. The molecule has 0 unspecified atom stereocenters. The molecule has 2 N–H and O–H groups in total. The Morgan fingerprint density at radius 3 is 2.51 bits per heavy atom. The normalized spacial score (nSPS) is 20.1. The Balaban J connectivity index is 1.54. The van der Waals surface area contributed by atoms with Crippen LogP contribution in [-0.4, -0.2) is 60.9 Å². The van der Waals surface area contributed by atoms with Crippen LogP contribution < -0.4 is 10.6 Å². The molecule has 3 heterocycles. The van der Waals surface area contributed by atoms with Gasteiger partial charge in [-0.25, -0.2) is 12.8 Å². The third kappa shape index (κ3) is 5.72. The second-order valence-corrected chi connectivity index (χ2v) is 13.3. The van der Waals surface area contributed by atoms with Gasteiger partial charge >= 0.3 is 0 Å². The third-order valence-electron chi connectivity index (χ3n) is 7.21. The molecule has 0 spiro atoms. The molecule has 2 aliphatic heterocycles. The van der Waals surface area contributed by atoms with Gasteiger partial charge in [-0.05, 0) is 69.6 Å². The molecule has 0 saturated carbocycles. The number of likely N-dealkylation sites (tertiary alicyclic amines) is 1. The van der Waals surface area contributed by atoms with Crippen LogP contribution in [0, 0.1) is 5.82 Å². The molecule has 2 aromatic carbocycles. The van der Waals surface area contributed by atoms with Crippen molar-refractivity contribution in [1.82, 2.24) is 15.1 Å². The van der Waals surface area contributed by atoms with Crippen molar-refractivity contribution in [2.24, 2.45) is 5.73 Å². The van der Waals surface area contributed by atoms with Gasteiger partial charge in [0.05, 0.1) is 39.9 Å². The number of nitrogens with zero attached hydrogens (tertiary/aromatic N) is 4. The molecule has 208 valence electrons. The average Bonchev–Trinajstić information content (AvgIpc) is 3.37. The largest absolute Gasteiger partial charge is 0.420 e. The number of halogens is 2. The minimum atomic E-state index is -4.07. The quantitative estimate of drug-likeness (QED) is 0.469. The third-order valence-corrected chi connectivity index (χ3v) is 9.26. The number of amides is 1. The predicted molar refractivity (Wildman–Crippen MR) is 146 cm³/mol. The molecule has 0 aliphatic carbocycles. The van der Waals surface area contributed by atoms with Crippen LogP contribution in [0.15, 0.2) is 45.7 Å². The number of benzene rings is 2. The lowest BCUT2D eigenvalue weighted by molar-refractivity contribution is -0.119. The van der Waals surface area contributed by atoms with Gasteiger partial charge in [0, 0.05) is 11.6 Å². The number of rotatable bonds is 6. The summed E-state index contributed by atoms with van der Waals surface area (Å²) >= 11 is 6.00. The van der Waals surface area contributed by atoms with E-state index in [0.29, 0.717) is 23.0 Å². The van der Waals surface area contributed by atoms with Crippen LogP contribution in [0.2, 0.25) is 5.02 Å². The first kappa shape index (κ1) is 27.7. The lowest BCUT2D eigenvalue weighted by Gasteiger charge is -2.32. The second kappa shape index (κ2) is 10.6. The molecule has 1 aromatic heterocycles. The molecule has 5 rings (SSSR count). The summed E-state index contributed by atoms with van der Waals surface area (Å²) in [6, 6.07) is 7.65. The van der Waals surface area contributed by atoms with E-state index in [2.05, 4.69) is 15.1 Å². The fourth-order valence-corrected chi connectivity index (χ4v) is 6.86. The van der Waals surface area contributed by atoms with E-state index in [9.17, 15) is 13.2 Å². The number of carbonyl (C=O) groups excluding carboxylic acids is 1. The van der Waals surface area contributed by atoms with Crippen LogP contribution in [0.5, 0.6) is 0 Å². The number of anilines is 1. The Bertz CT molecular complexity index is 1490. The van der Waals surface area contributed by atoms with E-state index < -0.39 is 38.8 Å². The molecule has 0 radical (unpaired) electrons. The number of carbonyl (C=O) groups is 1. The summed E-state index contributed by atoms with van der Waals surface area (Å²) in [5.74, 6) is -1.83. The molecule has 1 fully saturated rings. The summed E-state index contributed by atoms with van der Waals surface area (Å²) in [6.45, 7) is 6.70. The number of sulfone groups is 1. The van der Waals surface area contributed by atoms with Crippen LogP contribution in [0.4, 0.5) is 10.1 Å².